The molecule has 2 amide bonds. The third kappa shape index (κ3) is 5.43. The molecular formula is C16H24N2O2. The fraction of sp³-hybridized carbons (Fsp3) is 0.500. The molecule has 0 aliphatic carbocycles. The Labute approximate surface area is 121 Å². The molecule has 110 valence electrons. The number of benzene rings is 1. The zero-order chi connectivity index (χ0) is 15.1. The lowest BCUT2D eigenvalue weighted by Crippen LogP contribution is -2.22. The summed E-state index contributed by atoms with van der Waals surface area (Å²) in [6.45, 7) is 0. The molecule has 4 nitrogen and oxygen atoms in total. The van der Waals surface area contributed by atoms with E-state index in [0.29, 0.717) is 12.8 Å². The molecule has 0 N–H and O–H groups in total. The molecule has 4 heteroatoms. The normalized spacial score (nSPS) is 10.2. The quantitative estimate of drug-likeness (QED) is 0.794. The average molecular weight is 276 g/mol. The molecule has 0 fully saturated rings. The van der Waals surface area contributed by atoms with Crippen molar-refractivity contribution < 1.29 is 9.59 Å². The molecule has 1 aromatic rings. The summed E-state index contributed by atoms with van der Waals surface area (Å²) in [4.78, 5) is 26.4. The summed E-state index contributed by atoms with van der Waals surface area (Å²) in [6.07, 6.45) is 2.53. The first-order valence-electron chi connectivity index (χ1n) is 6.88. The molecule has 0 spiro atoms. The summed E-state index contributed by atoms with van der Waals surface area (Å²) in [5.41, 5.74) is 2.30. The Balaban J connectivity index is 2.53. The molecule has 0 unspecified atom stereocenters. The molecule has 0 radical (unpaired) electrons. The van der Waals surface area contributed by atoms with Gasteiger partial charge in [0.1, 0.15) is 0 Å². The fourth-order valence-corrected chi connectivity index (χ4v) is 1.89. The van der Waals surface area contributed by atoms with Crippen LogP contribution in [-0.4, -0.2) is 49.8 Å². The van der Waals surface area contributed by atoms with Crippen LogP contribution in [0.2, 0.25) is 0 Å². The Bertz CT molecular complexity index is 428. The van der Waals surface area contributed by atoms with Crippen molar-refractivity contribution in [2.45, 2.75) is 25.7 Å². The van der Waals surface area contributed by atoms with E-state index in [4.69, 9.17) is 0 Å². The maximum atomic E-state index is 11.6. The number of carbonyl (C=O) groups is 2. The highest BCUT2D eigenvalue weighted by atomic mass is 16.2. The first kappa shape index (κ1) is 16.2. The van der Waals surface area contributed by atoms with Crippen LogP contribution < -0.4 is 0 Å². The number of aryl methyl sites for hydroxylation is 2. The van der Waals surface area contributed by atoms with Gasteiger partial charge in [-0.15, -0.1) is 0 Å². The van der Waals surface area contributed by atoms with Gasteiger partial charge in [-0.25, -0.2) is 0 Å². The van der Waals surface area contributed by atoms with Crippen molar-refractivity contribution in [2.24, 2.45) is 0 Å². The monoisotopic (exact) mass is 276 g/mol. The van der Waals surface area contributed by atoms with Crippen LogP contribution in [0.5, 0.6) is 0 Å². The van der Waals surface area contributed by atoms with Gasteiger partial charge < -0.3 is 9.80 Å². The van der Waals surface area contributed by atoms with Crippen molar-refractivity contribution in [1.29, 1.82) is 0 Å². The molecule has 0 aliphatic rings. The van der Waals surface area contributed by atoms with Gasteiger partial charge in [0.25, 0.3) is 0 Å². The molecule has 1 aromatic carbocycles. The summed E-state index contributed by atoms with van der Waals surface area (Å²) >= 11 is 0. The lowest BCUT2D eigenvalue weighted by Gasteiger charge is -2.11. The Morgan fingerprint density at radius 3 is 1.60 bits per heavy atom. The zero-order valence-electron chi connectivity index (χ0n) is 12.8. The highest BCUT2D eigenvalue weighted by Gasteiger charge is 2.07. The van der Waals surface area contributed by atoms with Gasteiger partial charge >= 0.3 is 0 Å². The highest BCUT2D eigenvalue weighted by molar-refractivity contribution is 5.76. The molecule has 0 bridgehead atoms. The van der Waals surface area contributed by atoms with E-state index >= 15 is 0 Å². The minimum absolute atomic E-state index is 0.137. The maximum absolute atomic E-state index is 11.6. The van der Waals surface area contributed by atoms with Crippen LogP contribution in [0.25, 0.3) is 0 Å². The van der Waals surface area contributed by atoms with Gasteiger partial charge in [-0.05, 0) is 24.0 Å². The van der Waals surface area contributed by atoms with Crippen molar-refractivity contribution in [3.05, 3.63) is 35.4 Å². The van der Waals surface area contributed by atoms with E-state index in [1.54, 1.807) is 38.0 Å². The first-order valence-corrected chi connectivity index (χ1v) is 6.88. The number of nitrogens with zero attached hydrogens (tertiary/aromatic N) is 2. The number of rotatable bonds is 6. The van der Waals surface area contributed by atoms with Crippen LogP contribution in [0.3, 0.4) is 0 Å². The SMILES string of the molecule is CN(C)C(=O)CCc1cccc(CCC(=O)N(C)C)c1. The van der Waals surface area contributed by atoms with E-state index in [9.17, 15) is 9.59 Å². The van der Waals surface area contributed by atoms with Crippen LogP contribution >= 0.6 is 0 Å². The van der Waals surface area contributed by atoms with Gasteiger partial charge in [0.05, 0.1) is 0 Å². The second-order valence-corrected chi connectivity index (χ2v) is 5.40. The molecule has 1 rings (SSSR count). The van der Waals surface area contributed by atoms with E-state index in [1.807, 2.05) is 18.2 Å². The van der Waals surface area contributed by atoms with Gasteiger partial charge in [-0.1, -0.05) is 24.3 Å². The van der Waals surface area contributed by atoms with E-state index in [-0.39, 0.29) is 11.8 Å². The predicted molar refractivity (Wildman–Crippen MR) is 80.5 cm³/mol. The Hall–Kier alpha value is -1.84. The molecule has 20 heavy (non-hydrogen) atoms. The first-order chi connectivity index (χ1) is 9.40. The third-order valence-electron chi connectivity index (χ3n) is 3.24. The van der Waals surface area contributed by atoms with Gasteiger partial charge in [0.2, 0.25) is 11.8 Å². The maximum Gasteiger partial charge on any atom is 0.222 e. The molecule has 0 atom stereocenters. The summed E-state index contributed by atoms with van der Waals surface area (Å²) < 4.78 is 0. The fourth-order valence-electron chi connectivity index (χ4n) is 1.89. The number of hydrogen-bond acceptors (Lipinski definition) is 2. The molecule has 0 saturated carbocycles. The van der Waals surface area contributed by atoms with Gasteiger partial charge in [0, 0.05) is 41.0 Å². The number of hydrogen-bond donors (Lipinski definition) is 0. The molecule has 0 saturated heterocycles. The number of amides is 2. The van der Waals surface area contributed by atoms with Crippen molar-refractivity contribution in [3.8, 4) is 0 Å². The Morgan fingerprint density at radius 1 is 0.850 bits per heavy atom. The van der Waals surface area contributed by atoms with Crippen molar-refractivity contribution in [3.63, 3.8) is 0 Å². The summed E-state index contributed by atoms with van der Waals surface area (Å²) in [7, 11) is 7.08. The molecule has 0 aromatic heterocycles. The van der Waals surface area contributed by atoms with E-state index in [2.05, 4.69) is 6.07 Å². The Kier molecular flexibility index (Phi) is 6.22. The lowest BCUT2D eigenvalue weighted by molar-refractivity contribution is -0.129. The number of carbonyl (C=O) groups excluding carboxylic acids is 2. The highest BCUT2D eigenvalue weighted by Crippen LogP contribution is 2.10. The van der Waals surface area contributed by atoms with E-state index in [1.165, 1.54) is 0 Å². The van der Waals surface area contributed by atoms with Gasteiger partial charge in [-0.2, -0.15) is 0 Å². The van der Waals surface area contributed by atoms with E-state index in [0.717, 1.165) is 24.0 Å². The van der Waals surface area contributed by atoms with Gasteiger partial charge in [-0.3, -0.25) is 9.59 Å². The van der Waals surface area contributed by atoms with Gasteiger partial charge in [0.15, 0.2) is 0 Å². The standard InChI is InChI=1S/C16H24N2O2/c1-17(2)15(19)10-8-13-6-5-7-14(12-13)9-11-16(20)18(3)4/h5-7,12H,8-11H2,1-4H3. The second-order valence-electron chi connectivity index (χ2n) is 5.40. The van der Waals surface area contributed by atoms with E-state index < -0.39 is 0 Å². The molecule has 0 aliphatic heterocycles. The van der Waals surface area contributed by atoms with Crippen molar-refractivity contribution in [2.75, 3.05) is 28.2 Å². The second kappa shape index (κ2) is 7.68. The van der Waals surface area contributed by atoms with Crippen LogP contribution in [0.1, 0.15) is 24.0 Å². The van der Waals surface area contributed by atoms with Crippen molar-refractivity contribution >= 4 is 11.8 Å². The predicted octanol–water partition coefficient (Wildman–Crippen LogP) is 1.73. The van der Waals surface area contributed by atoms with Crippen LogP contribution in [-0.2, 0) is 22.4 Å². The lowest BCUT2D eigenvalue weighted by atomic mass is 10.0. The minimum Gasteiger partial charge on any atom is -0.349 e. The Morgan fingerprint density at radius 2 is 1.25 bits per heavy atom. The van der Waals surface area contributed by atoms with Crippen LogP contribution in [0, 0.1) is 0 Å². The minimum atomic E-state index is 0.137. The largest absolute Gasteiger partial charge is 0.349 e. The van der Waals surface area contributed by atoms with Crippen molar-refractivity contribution in [1.82, 2.24) is 9.80 Å². The summed E-state index contributed by atoms with van der Waals surface area (Å²) in [5.74, 6) is 0.274. The summed E-state index contributed by atoms with van der Waals surface area (Å²) in [5, 5.41) is 0. The summed E-state index contributed by atoms with van der Waals surface area (Å²) in [6, 6.07) is 8.14. The molecule has 0 heterocycles. The average Bonchev–Trinajstić information content (AvgIpc) is 2.42. The topological polar surface area (TPSA) is 40.6 Å². The third-order valence-corrected chi connectivity index (χ3v) is 3.24. The van der Waals surface area contributed by atoms with Crippen LogP contribution in [0.15, 0.2) is 24.3 Å². The zero-order valence-corrected chi connectivity index (χ0v) is 12.8. The molecular weight excluding hydrogens is 252 g/mol. The van der Waals surface area contributed by atoms with Crippen LogP contribution in [0.4, 0.5) is 0 Å². The smallest absolute Gasteiger partial charge is 0.222 e.